The number of halogens is 1. The molecule has 0 saturated heterocycles. The Labute approximate surface area is 202 Å². The third-order valence-corrected chi connectivity index (χ3v) is 5.91. The quantitative estimate of drug-likeness (QED) is 0.265. The number of ether oxygens (including phenoxy) is 1. The Morgan fingerprint density at radius 1 is 1.13 bits per heavy atom. The Balaban J connectivity index is 0.00000341. The monoisotopic (exact) mass is 558 g/mol. The minimum absolute atomic E-state index is 0. The lowest BCUT2D eigenvalue weighted by atomic mass is 10.1. The first-order chi connectivity index (χ1) is 14.4. The van der Waals surface area contributed by atoms with Crippen molar-refractivity contribution < 1.29 is 13.2 Å². The van der Waals surface area contributed by atoms with Crippen LogP contribution >= 0.6 is 24.0 Å². The predicted octanol–water partition coefficient (Wildman–Crippen LogP) is 3.19. The molecule has 3 rings (SSSR count). The van der Waals surface area contributed by atoms with Crippen molar-refractivity contribution in [1.82, 2.24) is 15.6 Å². The van der Waals surface area contributed by atoms with Gasteiger partial charge in [-0.1, -0.05) is 18.2 Å². The lowest BCUT2D eigenvalue weighted by Gasteiger charge is -2.11. The lowest BCUT2D eigenvalue weighted by Crippen LogP contribution is -2.38. The molecular formula is C22H31IN4O3S. The Hall–Kier alpha value is -1.88. The SMILES string of the molecule is CCNC(=NCc1ccc(OCC2CC2)nc1)NCCc1ccc(S(C)(=O)=O)cc1.I. The normalized spacial score (nSPS) is 13.9. The van der Waals surface area contributed by atoms with Crippen LogP contribution in [0.25, 0.3) is 0 Å². The smallest absolute Gasteiger partial charge is 0.213 e. The molecule has 1 aliphatic rings. The number of hydrogen-bond donors (Lipinski definition) is 2. The summed E-state index contributed by atoms with van der Waals surface area (Å²) in [5.41, 5.74) is 2.08. The Morgan fingerprint density at radius 3 is 2.42 bits per heavy atom. The van der Waals surface area contributed by atoms with Crippen molar-refractivity contribution >= 4 is 39.8 Å². The van der Waals surface area contributed by atoms with Crippen molar-refractivity contribution in [3.05, 3.63) is 53.7 Å². The van der Waals surface area contributed by atoms with Gasteiger partial charge in [0, 0.05) is 31.6 Å². The third kappa shape index (κ3) is 9.02. The summed E-state index contributed by atoms with van der Waals surface area (Å²) < 4.78 is 28.7. The van der Waals surface area contributed by atoms with E-state index in [1.165, 1.54) is 19.1 Å². The molecule has 0 aliphatic heterocycles. The Bertz CT molecular complexity index is 944. The van der Waals surface area contributed by atoms with E-state index in [1.54, 1.807) is 18.3 Å². The van der Waals surface area contributed by atoms with Gasteiger partial charge in [0.1, 0.15) is 0 Å². The molecule has 170 valence electrons. The number of aliphatic imine (C=N–C) groups is 1. The van der Waals surface area contributed by atoms with E-state index >= 15 is 0 Å². The van der Waals surface area contributed by atoms with Gasteiger partial charge in [0.25, 0.3) is 0 Å². The largest absolute Gasteiger partial charge is 0.477 e. The standard InChI is InChI=1S/C22H30N4O3S.HI/c1-3-23-22(24-13-12-17-6-9-20(10-7-17)30(2,27)28)26-15-19-8-11-21(25-14-19)29-16-18-4-5-18;/h6-11,14,18H,3-5,12-13,15-16H2,1-2H3,(H2,23,24,26);1H. The van der Waals surface area contributed by atoms with Crippen LogP contribution in [0.2, 0.25) is 0 Å². The molecule has 1 saturated carbocycles. The van der Waals surface area contributed by atoms with E-state index in [1.807, 2.05) is 31.2 Å². The summed E-state index contributed by atoms with van der Waals surface area (Å²) in [5, 5.41) is 6.54. The van der Waals surface area contributed by atoms with Gasteiger partial charge in [-0.25, -0.2) is 18.4 Å². The molecule has 0 radical (unpaired) electrons. The van der Waals surface area contributed by atoms with Gasteiger partial charge in [0.15, 0.2) is 15.8 Å². The molecule has 0 unspecified atom stereocenters. The number of hydrogen-bond acceptors (Lipinski definition) is 5. The molecule has 31 heavy (non-hydrogen) atoms. The minimum Gasteiger partial charge on any atom is -0.477 e. The van der Waals surface area contributed by atoms with Crippen molar-refractivity contribution in [2.45, 2.75) is 37.6 Å². The number of sulfone groups is 1. The predicted molar refractivity (Wildman–Crippen MR) is 134 cm³/mol. The molecule has 1 aliphatic carbocycles. The number of pyridine rings is 1. The zero-order valence-electron chi connectivity index (χ0n) is 18.0. The van der Waals surface area contributed by atoms with Crippen LogP contribution in [0, 0.1) is 5.92 Å². The van der Waals surface area contributed by atoms with Crippen LogP contribution in [-0.2, 0) is 22.8 Å². The zero-order valence-corrected chi connectivity index (χ0v) is 21.2. The number of nitrogens with zero attached hydrogens (tertiary/aromatic N) is 2. The summed E-state index contributed by atoms with van der Waals surface area (Å²) in [6.45, 7) is 4.76. The second kappa shape index (κ2) is 12.2. The van der Waals surface area contributed by atoms with E-state index in [4.69, 9.17) is 4.74 Å². The van der Waals surface area contributed by atoms with Crippen molar-refractivity contribution in [2.24, 2.45) is 10.9 Å². The van der Waals surface area contributed by atoms with Gasteiger partial charge in [-0.05, 0) is 55.4 Å². The maximum absolute atomic E-state index is 11.5. The van der Waals surface area contributed by atoms with Gasteiger partial charge in [0.2, 0.25) is 5.88 Å². The average Bonchev–Trinajstić information content (AvgIpc) is 3.55. The number of aromatic nitrogens is 1. The highest BCUT2D eigenvalue weighted by atomic mass is 127. The van der Waals surface area contributed by atoms with E-state index in [0.29, 0.717) is 29.8 Å². The Kier molecular flexibility index (Phi) is 10.0. The maximum Gasteiger partial charge on any atom is 0.213 e. The highest BCUT2D eigenvalue weighted by Crippen LogP contribution is 2.29. The van der Waals surface area contributed by atoms with Crippen LogP contribution < -0.4 is 15.4 Å². The van der Waals surface area contributed by atoms with Crippen LogP contribution in [-0.4, -0.2) is 45.3 Å². The molecule has 9 heteroatoms. The average molecular weight is 558 g/mol. The second-order valence-corrected chi connectivity index (χ2v) is 9.56. The third-order valence-electron chi connectivity index (χ3n) is 4.78. The van der Waals surface area contributed by atoms with Gasteiger partial charge >= 0.3 is 0 Å². The molecule has 1 fully saturated rings. The highest BCUT2D eigenvalue weighted by Gasteiger charge is 2.22. The van der Waals surface area contributed by atoms with E-state index in [2.05, 4.69) is 20.6 Å². The molecule has 2 N–H and O–H groups in total. The summed E-state index contributed by atoms with van der Waals surface area (Å²) in [6, 6.07) is 10.9. The second-order valence-electron chi connectivity index (χ2n) is 7.55. The Morgan fingerprint density at radius 2 is 1.84 bits per heavy atom. The van der Waals surface area contributed by atoms with Crippen molar-refractivity contribution in [1.29, 1.82) is 0 Å². The molecule has 0 atom stereocenters. The van der Waals surface area contributed by atoms with E-state index < -0.39 is 9.84 Å². The molecule has 0 bridgehead atoms. The van der Waals surface area contributed by atoms with Crippen LogP contribution in [0.3, 0.4) is 0 Å². The number of guanidine groups is 1. The number of rotatable bonds is 10. The summed E-state index contributed by atoms with van der Waals surface area (Å²) in [5.74, 6) is 2.11. The summed E-state index contributed by atoms with van der Waals surface area (Å²) >= 11 is 0. The fourth-order valence-electron chi connectivity index (χ4n) is 2.82. The molecule has 0 spiro atoms. The van der Waals surface area contributed by atoms with E-state index in [-0.39, 0.29) is 24.0 Å². The summed E-state index contributed by atoms with van der Waals surface area (Å²) in [4.78, 5) is 9.30. The lowest BCUT2D eigenvalue weighted by molar-refractivity contribution is 0.288. The van der Waals surface area contributed by atoms with Crippen molar-refractivity contribution in [3.8, 4) is 5.88 Å². The van der Waals surface area contributed by atoms with Crippen LogP contribution in [0.15, 0.2) is 52.5 Å². The number of nitrogens with one attached hydrogen (secondary N) is 2. The van der Waals surface area contributed by atoms with E-state index in [0.717, 1.165) is 36.7 Å². The number of benzene rings is 1. The van der Waals surface area contributed by atoms with Gasteiger partial charge in [-0.15, -0.1) is 24.0 Å². The minimum atomic E-state index is -3.16. The summed E-state index contributed by atoms with van der Waals surface area (Å²) in [7, 11) is -3.16. The maximum atomic E-state index is 11.5. The fraction of sp³-hybridized carbons (Fsp3) is 0.455. The summed E-state index contributed by atoms with van der Waals surface area (Å²) in [6.07, 6.45) is 6.31. The first-order valence-electron chi connectivity index (χ1n) is 10.3. The highest BCUT2D eigenvalue weighted by molar-refractivity contribution is 14.0. The molecule has 1 aromatic heterocycles. The molecule has 1 heterocycles. The van der Waals surface area contributed by atoms with Gasteiger partial charge in [-0.2, -0.15) is 0 Å². The molecule has 2 aromatic rings. The first-order valence-corrected chi connectivity index (χ1v) is 12.2. The molecule has 0 amide bonds. The van der Waals surface area contributed by atoms with Crippen LogP contribution in [0.4, 0.5) is 0 Å². The first kappa shape index (κ1) is 25.4. The van der Waals surface area contributed by atoms with Gasteiger partial charge in [0.05, 0.1) is 18.0 Å². The van der Waals surface area contributed by atoms with Crippen LogP contribution in [0.1, 0.15) is 30.9 Å². The van der Waals surface area contributed by atoms with Crippen molar-refractivity contribution in [3.63, 3.8) is 0 Å². The fourth-order valence-corrected chi connectivity index (χ4v) is 3.45. The van der Waals surface area contributed by atoms with Gasteiger partial charge in [-0.3, -0.25) is 0 Å². The molecule has 7 nitrogen and oxygen atoms in total. The van der Waals surface area contributed by atoms with Gasteiger partial charge < -0.3 is 15.4 Å². The molecular weight excluding hydrogens is 527 g/mol. The van der Waals surface area contributed by atoms with E-state index in [9.17, 15) is 8.42 Å². The van der Waals surface area contributed by atoms with Crippen molar-refractivity contribution in [2.75, 3.05) is 26.0 Å². The molecule has 1 aromatic carbocycles. The van der Waals surface area contributed by atoms with Crippen LogP contribution in [0.5, 0.6) is 5.88 Å². The zero-order chi connectivity index (χ0) is 21.4. The topological polar surface area (TPSA) is 92.7 Å².